The fraction of sp³-hybridized carbons (Fsp3) is 0.529. The van der Waals surface area contributed by atoms with Crippen LogP contribution in [0.15, 0.2) is 16.4 Å². The van der Waals surface area contributed by atoms with E-state index in [1.54, 1.807) is 11.3 Å². The lowest BCUT2D eigenvalue weighted by atomic mass is 9.93. The van der Waals surface area contributed by atoms with Crippen molar-refractivity contribution < 1.29 is 0 Å². The van der Waals surface area contributed by atoms with Gasteiger partial charge >= 0.3 is 0 Å². The van der Waals surface area contributed by atoms with Gasteiger partial charge in [-0.25, -0.2) is 9.98 Å². The van der Waals surface area contributed by atoms with Crippen LogP contribution in [0.2, 0.25) is 10.2 Å². The van der Waals surface area contributed by atoms with Crippen LogP contribution < -0.4 is 10.6 Å². The number of hydrogen-bond acceptors (Lipinski definition) is 3. The van der Waals surface area contributed by atoms with Crippen LogP contribution in [0.1, 0.15) is 44.1 Å². The van der Waals surface area contributed by atoms with Crippen molar-refractivity contribution in [2.45, 2.75) is 46.2 Å². The lowest BCUT2D eigenvalue weighted by molar-refractivity contribution is 0.570. The molecule has 9 heteroatoms. The van der Waals surface area contributed by atoms with Crippen molar-refractivity contribution in [3.8, 4) is 0 Å². The molecule has 2 aromatic heterocycles. The van der Waals surface area contributed by atoms with Crippen molar-refractivity contribution in [1.29, 1.82) is 0 Å². The number of nitrogens with one attached hydrogen (secondary N) is 2. The summed E-state index contributed by atoms with van der Waals surface area (Å²) in [6.45, 7) is 10.5. The van der Waals surface area contributed by atoms with E-state index in [0.717, 1.165) is 28.9 Å². The van der Waals surface area contributed by atoms with E-state index in [-0.39, 0.29) is 29.4 Å². The normalized spacial score (nSPS) is 12.0. The van der Waals surface area contributed by atoms with E-state index in [2.05, 4.69) is 41.8 Å². The lowest BCUT2D eigenvalue weighted by Gasteiger charge is -2.14. The molecule has 2 heterocycles. The minimum absolute atomic E-state index is 0. The summed E-state index contributed by atoms with van der Waals surface area (Å²) in [5, 5.41) is 10.8. The Morgan fingerprint density at radius 3 is 2.50 bits per heavy atom. The van der Waals surface area contributed by atoms with E-state index >= 15 is 0 Å². The Morgan fingerprint density at radius 1 is 1.31 bits per heavy atom. The summed E-state index contributed by atoms with van der Waals surface area (Å²) in [6.07, 6.45) is 0. The second-order valence-corrected chi connectivity index (χ2v) is 8.47. The third-order valence-electron chi connectivity index (χ3n) is 3.69. The molecule has 0 amide bonds. The first-order valence-electron chi connectivity index (χ1n) is 8.19. The number of hydrogen-bond donors (Lipinski definition) is 2. The first kappa shape index (κ1) is 23.5. The van der Waals surface area contributed by atoms with Crippen LogP contribution in [0.3, 0.4) is 0 Å². The average molecular weight is 530 g/mol. The van der Waals surface area contributed by atoms with Gasteiger partial charge in [0.25, 0.3) is 0 Å². The molecule has 2 N–H and O–H groups in total. The number of nitrogens with zero attached hydrogens (tertiary/aromatic N) is 3. The van der Waals surface area contributed by atoms with Gasteiger partial charge < -0.3 is 15.2 Å². The maximum Gasteiger partial charge on any atom is 0.191 e. The zero-order valence-electron chi connectivity index (χ0n) is 15.7. The highest BCUT2D eigenvalue weighted by Crippen LogP contribution is 2.25. The van der Waals surface area contributed by atoms with Crippen molar-refractivity contribution in [2.24, 2.45) is 12.0 Å². The quantitative estimate of drug-likeness (QED) is 0.327. The highest BCUT2D eigenvalue weighted by molar-refractivity contribution is 14.0. The first-order chi connectivity index (χ1) is 11.7. The molecule has 0 aromatic carbocycles. The molecule has 0 radical (unpaired) electrons. The zero-order valence-corrected chi connectivity index (χ0v) is 20.3. The molecule has 2 rings (SSSR count). The van der Waals surface area contributed by atoms with Crippen LogP contribution in [0.25, 0.3) is 0 Å². The molecule has 146 valence electrons. The molecule has 5 nitrogen and oxygen atoms in total. The third-order valence-corrected chi connectivity index (χ3v) is 5.38. The van der Waals surface area contributed by atoms with Gasteiger partial charge in [0.15, 0.2) is 5.96 Å². The van der Waals surface area contributed by atoms with Gasteiger partial charge in [-0.1, -0.05) is 44.0 Å². The summed E-state index contributed by atoms with van der Waals surface area (Å²) >= 11 is 13.8. The highest BCUT2D eigenvalue weighted by atomic mass is 127. The number of guanidine groups is 1. The summed E-state index contributed by atoms with van der Waals surface area (Å²) < 4.78 is 1.84. The van der Waals surface area contributed by atoms with Gasteiger partial charge in [-0.15, -0.1) is 35.3 Å². The molecule has 0 spiro atoms. The minimum Gasteiger partial charge on any atom is -0.357 e. The van der Waals surface area contributed by atoms with E-state index in [4.69, 9.17) is 28.2 Å². The molecule has 26 heavy (non-hydrogen) atoms. The van der Waals surface area contributed by atoms with Crippen molar-refractivity contribution in [3.05, 3.63) is 38.0 Å². The standard InChI is InChI=1S/C17H25Cl2N5S.HI/c1-6-20-16(21-8-11-7-12(18)15(19)24(11)5)22-9-14-23-13(10-25-14)17(2,3)4;/h7,10H,6,8-9H2,1-5H3,(H2,20,21,22);1H. The van der Waals surface area contributed by atoms with Gasteiger partial charge in [0.2, 0.25) is 0 Å². The van der Waals surface area contributed by atoms with Crippen LogP contribution in [0.4, 0.5) is 0 Å². The van der Waals surface area contributed by atoms with Gasteiger partial charge in [-0.3, -0.25) is 0 Å². The molecule has 0 saturated carbocycles. The fourth-order valence-electron chi connectivity index (χ4n) is 2.14. The van der Waals surface area contributed by atoms with Crippen LogP contribution >= 0.6 is 58.5 Å². The van der Waals surface area contributed by atoms with Gasteiger partial charge in [-0.05, 0) is 13.0 Å². The SMILES string of the molecule is CCNC(=NCc1cc(Cl)c(Cl)n1C)NCc1nc(C(C)(C)C)cs1.I. The minimum atomic E-state index is 0. The number of aromatic nitrogens is 2. The summed E-state index contributed by atoms with van der Waals surface area (Å²) in [4.78, 5) is 9.30. The third kappa shape index (κ3) is 6.28. The summed E-state index contributed by atoms with van der Waals surface area (Å²) in [6, 6.07) is 1.84. The Morgan fingerprint density at radius 2 is 2.00 bits per heavy atom. The topological polar surface area (TPSA) is 54.2 Å². The first-order valence-corrected chi connectivity index (χ1v) is 9.82. The smallest absolute Gasteiger partial charge is 0.191 e. The molecule has 0 aliphatic carbocycles. The zero-order chi connectivity index (χ0) is 18.6. The van der Waals surface area contributed by atoms with Crippen LogP contribution in [-0.2, 0) is 25.6 Å². The Balaban J connectivity index is 0.00000338. The summed E-state index contributed by atoms with van der Waals surface area (Å²) in [7, 11) is 1.88. The molecule has 0 unspecified atom stereocenters. The molecular weight excluding hydrogens is 504 g/mol. The van der Waals surface area contributed by atoms with Gasteiger partial charge in [-0.2, -0.15) is 0 Å². The molecule has 0 atom stereocenters. The van der Waals surface area contributed by atoms with E-state index in [1.165, 1.54) is 0 Å². The monoisotopic (exact) mass is 529 g/mol. The van der Waals surface area contributed by atoms with Crippen LogP contribution in [-0.4, -0.2) is 22.1 Å². The van der Waals surface area contributed by atoms with Crippen molar-refractivity contribution in [3.63, 3.8) is 0 Å². The Labute approximate surface area is 186 Å². The molecule has 0 aliphatic heterocycles. The van der Waals surface area contributed by atoms with Gasteiger partial charge in [0.1, 0.15) is 10.2 Å². The maximum absolute atomic E-state index is 6.10. The largest absolute Gasteiger partial charge is 0.357 e. The number of rotatable bonds is 5. The van der Waals surface area contributed by atoms with Crippen molar-refractivity contribution >= 4 is 64.5 Å². The molecule has 0 fully saturated rings. The molecule has 0 bridgehead atoms. The Hall–Kier alpha value is -0.510. The van der Waals surface area contributed by atoms with E-state index in [9.17, 15) is 0 Å². The molecule has 0 saturated heterocycles. The molecular formula is C17H26Cl2IN5S. The number of halogens is 3. The lowest BCUT2D eigenvalue weighted by Crippen LogP contribution is -2.36. The Bertz CT molecular complexity index is 749. The van der Waals surface area contributed by atoms with E-state index in [1.807, 2.05) is 24.6 Å². The second kappa shape index (κ2) is 10.1. The summed E-state index contributed by atoms with van der Waals surface area (Å²) in [5.74, 6) is 0.739. The van der Waals surface area contributed by atoms with E-state index in [0.29, 0.717) is 23.3 Å². The fourth-order valence-corrected chi connectivity index (χ4v) is 3.51. The van der Waals surface area contributed by atoms with E-state index < -0.39 is 0 Å². The number of thiazole rings is 1. The van der Waals surface area contributed by atoms with Crippen molar-refractivity contribution in [2.75, 3.05) is 6.54 Å². The summed E-state index contributed by atoms with van der Waals surface area (Å²) in [5.41, 5.74) is 2.14. The molecule has 2 aromatic rings. The Kier molecular flexibility index (Phi) is 9.18. The number of aliphatic imine (C=N–C) groups is 1. The van der Waals surface area contributed by atoms with Gasteiger partial charge in [0, 0.05) is 30.1 Å². The maximum atomic E-state index is 6.10. The molecule has 0 aliphatic rings. The predicted molar refractivity (Wildman–Crippen MR) is 123 cm³/mol. The van der Waals surface area contributed by atoms with Crippen molar-refractivity contribution in [1.82, 2.24) is 20.2 Å². The average Bonchev–Trinajstić information content (AvgIpc) is 3.11. The van der Waals surface area contributed by atoms with Crippen LogP contribution in [0.5, 0.6) is 0 Å². The predicted octanol–water partition coefficient (Wildman–Crippen LogP) is 4.96. The van der Waals surface area contributed by atoms with Gasteiger partial charge in [0.05, 0.1) is 23.8 Å². The second-order valence-electron chi connectivity index (χ2n) is 6.76. The highest BCUT2D eigenvalue weighted by Gasteiger charge is 2.17. The van der Waals surface area contributed by atoms with Crippen LogP contribution in [0, 0.1) is 0 Å².